The number of hydrogen-bond acceptors (Lipinski definition) is 4. The number of piperidine rings is 1. The summed E-state index contributed by atoms with van der Waals surface area (Å²) in [5, 5.41) is 3.22. The molecule has 0 bridgehead atoms. The Morgan fingerprint density at radius 1 is 1.07 bits per heavy atom. The molecule has 0 spiro atoms. The standard InChI is InChI=1S/C22H22ClFN2O4/c1-14(20(27)25-19-8-4-17(23)5-9-19)30-22(29)16-10-12-26(13-11-16)21(28)15-2-6-18(24)7-3-15/h2-9,14,16H,10-13H2,1H3,(H,25,27). The first kappa shape index (κ1) is 21.8. The normalized spacial score (nSPS) is 15.4. The van der Waals surface area contributed by atoms with Gasteiger partial charge in [-0.2, -0.15) is 0 Å². The minimum absolute atomic E-state index is 0.197. The maximum atomic E-state index is 13.0. The van der Waals surface area contributed by atoms with Gasteiger partial charge in [0.15, 0.2) is 6.10 Å². The van der Waals surface area contributed by atoms with Crippen LogP contribution < -0.4 is 5.32 Å². The number of halogens is 2. The zero-order chi connectivity index (χ0) is 21.7. The van der Waals surface area contributed by atoms with Gasteiger partial charge in [0, 0.05) is 29.4 Å². The highest BCUT2D eigenvalue weighted by Crippen LogP contribution is 2.21. The Balaban J connectivity index is 1.47. The number of carbonyl (C=O) groups is 3. The van der Waals surface area contributed by atoms with Crippen LogP contribution in [0.4, 0.5) is 10.1 Å². The van der Waals surface area contributed by atoms with E-state index < -0.39 is 23.8 Å². The first-order valence-corrected chi connectivity index (χ1v) is 10.0. The van der Waals surface area contributed by atoms with Crippen LogP contribution in [0.2, 0.25) is 5.02 Å². The molecule has 2 aromatic rings. The fourth-order valence-electron chi connectivity index (χ4n) is 3.19. The van der Waals surface area contributed by atoms with Crippen molar-refractivity contribution in [2.45, 2.75) is 25.9 Å². The molecular formula is C22H22ClFN2O4. The number of ether oxygens (including phenoxy) is 1. The van der Waals surface area contributed by atoms with Gasteiger partial charge in [-0.3, -0.25) is 14.4 Å². The SMILES string of the molecule is CC(OC(=O)C1CCN(C(=O)c2ccc(F)cc2)CC1)C(=O)Nc1ccc(Cl)cc1. The Bertz CT molecular complexity index is 910. The monoisotopic (exact) mass is 432 g/mol. The van der Waals surface area contributed by atoms with Gasteiger partial charge < -0.3 is 15.0 Å². The first-order chi connectivity index (χ1) is 14.3. The van der Waals surface area contributed by atoms with Crippen molar-refractivity contribution < 1.29 is 23.5 Å². The van der Waals surface area contributed by atoms with E-state index in [9.17, 15) is 18.8 Å². The van der Waals surface area contributed by atoms with Crippen LogP contribution in [-0.4, -0.2) is 41.9 Å². The zero-order valence-corrected chi connectivity index (χ0v) is 17.2. The van der Waals surface area contributed by atoms with Crippen molar-refractivity contribution in [1.82, 2.24) is 4.90 Å². The Morgan fingerprint density at radius 3 is 2.27 bits per heavy atom. The summed E-state index contributed by atoms with van der Waals surface area (Å²) in [6, 6.07) is 12.0. The number of nitrogens with zero attached hydrogens (tertiary/aromatic N) is 1. The lowest BCUT2D eigenvalue weighted by atomic mass is 9.96. The molecule has 158 valence electrons. The summed E-state index contributed by atoms with van der Waals surface area (Å²) < 4.78 is 18.3. The molecule has 1 N–H and O–H groups in total. The van der Waals surface area contributed by atoms with Gasteiger partial charge in [0.2, 0.25) is 0 Å². The van der Waals surface area contributed by atoms with Crippen LogP contribution in [0.5, 0.6) is 0 Å². The third-order valence-corrected chi connectivity index (χ3v) is 5.23. The molecule has 3 rings (SSSR count). The molecule has 1 atom stereocenters. The summed E-state index contributed by atoms with van der Waals surface area (Å²) >= 11 is 5.81. The number of carbonyl (C=O) groups excluding carboxylic acids is 3. The molecule has 6 nitrogen and oxygen atoms in total. The molecule has 1 aliphatic heterocycles. The number of esters is 1. The lowest BCUT2D eigenvalue weighted by Gasteiger charge is -2.31. The van der Waals surface area contributed by atoms with Crippen LogP contribution in [0.15, 0.2) is 48.5 Å². The van der Waals surface area contributed by atoms with Gasteiger partial charge in [-0.15, -0.1) is 0 Å². The molecule has 1 fully saturated rings. The van der Waals surface area contributed by atoms with E-state index in [1.807, 2.05) is 0 Å². The first-order valence-electron chi connectivity index (χ1n) is 9.65. The van der Waals surface area contributed by atoms with Crippen molar-refractivity contribution in [2.75, 3.05) is 18.4 Å². The Kier molecular flexibility index (Phi) is 7.05. The molecule has 2 aromatic carbocycles. The highest BCUT2D eigenvalue weighted by atomic mass is 35.5. The molecule has 0 radical (unpaired) electrons. The van der Waals surface area contributed by atoms with Gasteiger partial charge in [-0.05, 0) is 68.3 Å². The number of anilines is 1. The van der Waals surface area contributed by atoms with Gasteiger partial charge in [0.25, 0.3) is 11.8 Å². The van der Waals surface area contributed by atoms with Crippen LogP contribution in [0.25, 0.3) is 0 Å². The third kappa shape index (κ3) is 5.57. The fraction of sp³-hybridized carbons (Fsp3) is 0.318. The van der Waals surface area contributed by atoms with Crippen molar-refractivity contribution in [3.05, 3.63) is 64.9 Å². The molecule has 0 saturated carbocycles. The fourth-order valence-corrected chi connectivity index (χ4v) is 3.32. The van der Waals surface area contributed by atoms with Crippen molar-refractivity contribution in [3.63, 3.8) is 0 Å². The largest absolute Gasteiger partial charge is 0.452 e. The molecule has 1 aliphatic rings. The third-order valence-electron chi connectivity index (χ3n) is 4.98. The molecule has 1 heterocycles. The minimum Gasteiger partial charge on any atom is -0.452 e. The summed E-state index contributed by atoms with van der Waals surface area (Å²) in [6.45, 7) is 2.29. The maximum absolute atomic E-state index is 13.0. The van der Waals surface area contributed by atoms with Crippen LogP contribution >= 0.6 is 11.6 Å². The average molecular weight is 433 g/mol. The van der Waals surface area contributed by atoms with Crippen LogP contribution in [0.3, 0.4) is 0 Å². The Morgan fingerprint density at radius 2 is 1.67 bits per heavy atom. The Hall–Kier alpha value is -2.93. The molecular weight excluding hydrogens is 411 g/mol. The summed E-state index contributed by atoms with van der Waals surface area (Å²) in [5.74, 6) is -1.87. The summed E-state index contributed by atoms with van der Waals surface area (Å²) in [7, 11) is 0. The van der Waals surface area contributed by atoms with Crippen molar-refractivity contribution in [3.8, 4) is 0 Å². The van der Waals surface area contributed by atoms with Crippen LogP contribution in [0, 0.1) is 11.7 Å². The lowest BCUT2D eigenvalue weighted by Crippen LogP contribution is -2.41. The minimum atomic E-state index is -0.952. The quantitative estimate of drug-likeness (QED) is 0.727. The molecule has 0 aromatic heterocycles. The molecule has 2 amide bonds. The number of likely N-dealkylation sites (tertiary alicyclic amines) is 1. The number of amides is 2. The number of benzene rings is 2. The molecule has 1 unspecified atom stereocenters. The molecule has 1 saturated heterocycles. The van der Waals surface area contributed by atoms with Gasteiger partial charge in [0.1, 0.15) is 5.82 Å². The van der Waals surface area contributed by atoms with Gasteiger partial charge in [0.05, 0.1) is 5.92 Å². The average Bonchev–Trinajstić information content (AvgIpc) is 2.75. The second-order valence-electron chi connectivity index (χ2n) is 7.15. The van der Waals surface area contributed by atoms with E-state index >= 15 is 0 Å². The van der Waals surface area contributed by atoms with Crippen molar-refractivity contribution in [1.29, 1.82) is 0 Å². The summed E-state index contributed by atoms with van der Waals surface area (Å²) in [4.78, 5) is 38.8. The van der Waals surface area contributed by atoms with E-state index in [0.717, 1.165) is 0 Å². The van der Waals surface area contributed by atoms with E-state index in [2.05, 4.69) is 5.32 Å². The molecule has 0 aliphatic carbocycles. The topological polar surface area (TPSA) is 75.7 Å². The number of hydrogen-bond donors (Lipinski definition) is 1. The Labute approximate surface area is 179 Å². The smallest absolute Gasteiger partial charge is 0.309 e. The second kappa shape index (κ2) is 9.71. The molecule has 8 heteroatoms. The predicted molar refractivity (Wildman–Crippen MR) is 111 cm³/mol. The number of nitrogens with one attached hydrogen (secondary N) is 1. The second-order valence-corrected chi connectivity index (χ2v) is 7.59. The number of rotatable bonds is 5. The summed E-state index contributed by atoms with van der Waals surface area (Å²) in [6.07, 6.45) is -0.0683. The highest BCUT2D eigenvalue weighted by Gasteiger charge is 2.30. The van der Waals surface area contributed by atoms with Gasteiger partial charge >= 0.3 is 5.97 Å². The highest BCUT2D eigenvalue weighted by molar-refractivity contribution is 6.30. The predicted octanol–water partition coefficient (Wildman–Crippen LogP) is 3.90. The van der Waals surface area contributed by atoms with Crippen LogP contribution in [0.1, 0.15) is 30.1 Å². The van der Waals surface area contributed by atoms with E-state index in [1.54, 1.807) is 29.2 Å². The molecule has 30 heavy (non-hydrogen) atoms. The van der Waals surface area contributed by atoms with E-state index in [4.69, 9.17) is 16.3 Å². The van der Waals surface area contributed by atoms with Crippen molar-refractivity contribution >= 4 is 35.1 Å². The maximum Gasteiger partial charge on any atom is 0.309 e. The van der Waals surface area contributed by atoms with E-state index in [0.29, 0.717) is 42.2 Å². The van der Waals surface area contributed by atoms with Crippen molar-refractivity contribution in [2.24, 2.45) is 5.92 Å². The zero-order valence-electron chi connectivity index (χ0n) is 16.4. The van der Waals surface area contributed by atoms with E-state index in [1.165, 1.54) is 31.2 Å². The van der Waals surface area contributed by atoms with Gasteiger partial charge in [-0.25, -0.2) is 4.39 Å². The van der Waals surface area contributed by atoms with E-state index in [-0.39, 0.29) is 11.8 Å². The van der Waals surface area contributed by atoms with Crippen LogP contribution in [-0.2, 0) is 14.3 Å². The lowest BCUT2D eigenvalue weighted by molar-refractivity contribution is -0.158. The van der Waals surface area contributed by atoms with Gasteiger partial charge in [-0.1, -0.05) is 11.6 Å². The summed E-state index contributed by atoms with van der Waals surface area (Å²) in [5.41, 5.74) is 0.963.